The van der Waals surface area contributed by atoms with Crippen LogP contribution in [0.5, 0.6) is 0 Å². The van der Waals surface area contributed by atoms with Gasteiger partial charge in [0.25, 0.3) is 0 Å². The Morgan fingerprint density at radius 1 is 1.00 bits per heavy atom. The molecule has 0 fully saturated rings. The minimum atomic E-state index is -1.21. The van der Waals surface area contributed by atoms with Crippen LogP contribution in [0.4, 0.5) is 0 Å². The number of thiol groups is 1. The molecule has 206 valence electrons. The van der Waals surface area contributed by atoms with E-state index in [1.165, 1.54) is 0 Å². The molecule has 0 radical (unpaired) electrons. The van der Waals surface area contributed by atoms with Gasteiger partial charge in [-0.2, -0.15) is 12.6 Å². The second-order valence-corrected chi connectivity index (χ2v) is 9.13. The van der Waals surface area contributed by atoms with E-state index in [1.807, 2.05) is 6.92 Å². The number of rotatable bonds is 16. The number of benzene rings is 1. The maximum atomic E-state index is 13.1. The van der Waals surface area contributed by atoms with Gasteiger partial charge in [0.05, 0.1) is 6.04 Å². The Hall–Kier alpha value is -3.32. The van der Waals surface area contributed by atoms with Crippen LogP contribution in [0.3, 0.4) is 0 Å². The highest BCUT2D eigenvalue weighted by atomic mass is 32.1. The predicted molar refractivity (Wildman–Crippen MR) is 145 cm³/mol. The molecule has 0 spiro atoms. The Balaban J connectivity index is 2.82. The summed E-state index contributed by atoms with van der Waals surface area (Å²) in [6, 6.07) is 4.69. The van der Waals surface area contributed by atoms with Crippen LogP contribution in [-0.2, 0) is 25.6 Å². The molecule has 13 heteroatoms. The first-order valence-corrected chi connectivity index (χ1v) is 12.7. The summed E-state index contributed by atoms with van der Waals surface area (Å²) in [5, 5.41) is 17.3. The number of carbonyl (C=O) groups is 4. The molecule has 12 nitrogen and oxygen atoms in total. The van der Waals surface area contributed by atoms with Crippen LogP contribution in [0, 0.1) is 5.92 Å². The molecule has 0 heterocycles. The summed E-state index contributed by atoms with van der Waals surface area (Å²) in [6.07, 6.45) is 1.41. The van der Waals surface area contributed by atoms with Crippen molar-refractivity contribution < 1.29 is 24.3 Å². The molecular weight excluding hydrogens is 498 g/mol. The number of nitrogens with two attached hydrogens (primary N) is 3. The Morgan fingerprint density at radius 3 is 2.16 bits per heavy atom. The lowest BCUT2D eigenvalue weighted by atomic mass is 9.97. The van der Waals surface area contributed by atoms with E-state index in [9.17, 15) is 24.3 Å². The highest BCUT2D eigenvalue weighted by molar-refractivity contribution is 7.80. The van der Waals surface area contributed by atoms with Gasteiger partial charge in [-0.25, -0.2) is 4.79 Å². The fraction of sp³-hybridized carbons (Fsp3) is 0.542. The normalized spacial score (nSPS) is 14.8. The number of hydrogen-bond donors (Lipinski definition) is 8. The van der Waals surface area contributed by atoms with Crippen LogP contribution in [0.2, 0.25) is 0 Å². The van der Waals surface area contributed by atoms with Crippen LogP contribution >= 0.6 is 12.6 Å². The minimum Gasteiger partial charge on any atom is -0.480 e. The van der Waals surface area contributed by atoms with E-state index < -0.39 is 47.9 Å². The van der Waals surface area contributed by atoms with Crippen LogP contribution in [0.15, 0.2) is 35.3 Å². The van der Waals surface area contributed by atoms with E-state index in [0.29, 0.717) is 25.8 Å². The third-order valence-corrected chi connectivity index (χ3v) is 6.18. The van der Waals surface area contributed by atoms with Gasteiger partial charge in [-0.3, -0.25) is 19.4 Å². The van der Waals surface area contributed by atoms with Crippen molar-refractivity contribution in [3.63, 3.8) is 0 Å². The molecule has 0 aliphatic heterocycles. The molecule has 0 aliphatic carbocycles. The molecule has 1 rings (SSSR count). The summed E-state index contributed by atoms with van der Waals surface area (Å²) < 4.78 is 0. The fourth-order valence-corrected chi connectivity index (χ4v) is 3.65. The van der Waals surface area contributed by atoms with Crippen LogP contribution < -0.4 is 33.2 Å². The van der Waals surface area contributed by atoms with E-state index in [1.54, 1.807) is 37.3 Å². The van der Waals surface area contributed by atoms with Gasteiger partial charge in [-0.15, -0.1) is 0 Å². The molecule has 0 bridgehead atoms. The number of carbonyl (C=O) groups excluding carboxylic acids is 3. The highest BCUT2D eigenvalue weighted by Crippen LogP contribution is 2.10. The molecular formula is C24H39N7O5S. The summed E-state index contributed by atoms with van der Waals surface area (Å²) in [7, 11) is 0. The molecule has 5 atom stereocenters. The van der Waals surface area contributed by atoms with Crippen molar-refractivity contribution in [2.45, 2.75) is 63.7 Å². The molecule has 1 aromatic carbocycles. The SMILES string of the molecule is CCC(C)C(NC(=O)C(N)CCCN=C(N)N)C(=O)NC(CS)C(=O)NC(Cc1ccccc1)C(=O)O. The lowest BCUT2D eigenvalue weighted by Crippen LogP contribution is -2.59. The van der Waals surface area contributed by atoms with Gasteiger partial charge in [0.2, 0.25) is 17.7 Å². The summed E-state index contributed by atoms with van der Waals surface area (Å²) >= 11 is 4.15. The number of amides is 3. The topological polar surface area (TPSA) is 215 Å². The third kappa shape index (κ3) is 11.5. The van der Waals surface area contributed by atoms with E-state index >= 15 is 0 Å². The van der Waals surface area contributed by atoms with Gasteiger partial charge in [-0.1, -0.05) is 50.6 Å². The van der Waals surface area contributed by atoms with Gasteiger partial charge in [-0.05, 0) is 24.3 Å². The van der Waals surface area contributed by atoms with E-state index in [4.69, 9.17) is 17.2 Å². The fourth-order valence-electron chi connectivity index (χ4n) is 3.39. The average molecular weight is 538 g/mol. The molecule has 3 amide bonds. The number of carboxylic acids is 1. The Labute approximate surface area is 222 Å². The number of aliphatic carboxylic acids is 1. The number of aliphatic imine (C=N–C) groups is 1. The van der Waals surface area contributed by atoms with Gasteiger partial charge in [0, 0.05) is 18.7 Å². The lowest BCUT2D eigenvalue weighted by molar-refractivity contribution is -0.142. The Kier molecular flexibility index (Phi) is 14.1. The first-order chi connectivity index (χ1) is 17.5. The maximum absolute atomic E-state index is 13.1. The van der Waals surface area contributed by atoms with Crippen molar-refractivity contribution in [3.8, 4) is 0 Å². The number of guanidine groups is 1. The first kappa shape index (κ1) is 31.7. The van der Waals surface area contributed by atoms with Crippen molar-refractivity contribution in [2.75, 3.05) is 12.3 Å². The third-order valence-electron chi connectivity index (χ3n) is 5.81. The van der Waals surface area contributed by atoms with E-state index in [2.05, 4.69) is 33.6 Å². The van der Waals surface area contributed by atoms with Crippen molar-refractivity contribution in [1.82, 2.24) is 16.0 Å². The molecule has 0 aliphatic rings. The van der Waals surface area contributed by atoms with Gasteiger partial charge >= 0.3 is 5.97 Å². The Morgan fingerprint density at radius 2 is 1.62 bits per heavy atom. The smallest absolute Gasteiger partial charge is 0.326 e. The molecule has 5 unspecified atom stereocenters. The lowest BCUT2D eigenvalue weighted by Gasteiger charge is -2.27. The average Bonchev–Trinajstić information content (AvgIpc) is 2.87. The molecule has 37 heavy (non-hydrogen) atoms. The van der Waals surface area contributed by atoms with Gasteiger partial charge < -0.3 is 38.3 Å². The summed E-state index contributed by atoms with van der Waals surface area (Å²) in [4.78, 5) is 54.1. The zero-order valence-corrected chi connectivity index (χ0v) is 22.1. The molecule has 0 saturated carbocycles. The van der Waals surface area contributed by atoms with E-state index in [-0.39, 0.29) is 24.1 Å². The molecule has 0 aromatic heterocycles. The van der Waals surface area contributed by atoms with Crippen LogP contribution in [0.25, 0.3) is 0 Å². The largest absolute Gasteiger partial charge is 0.480 e. The summed E-state index contributed by atoms with van der Waals surface area (Å²) in [5.41, 5.74) is 17.2. The van der Waals surface area contributed by atoms with Crippen molar-refractivity contribution in [3.05, 3.63) is 35.9 Å². The van der Waals surface area contributed by atoms with Gasteiger partial charge in [0.1, 0.15) is 18.1 Å². The van der Waals surface area contributed by atoms with Crippen molar-refractivity contribution >= 4 is 42.3 Å². The zero-order valence-electron chi connectivity index (χ0n) is 21.2. The number of hydrogen-bond acceptors (Lipinski definition) is 7. The van der Waals surface area contributed by atoms with Crippen molar-refractivity contribution in [1.29, 1.82) is 0 Å². The summed E-state index contributed by atoms with van der Waals surface area (Å²) in [6.45, 7) is 3.96. The molecule has 10 N–H and O–H groups in total. The number of nitrogens with zero attached hydrogens (tertiary/aromatic N) is 1. The number of carboxylic acid groups (broad SMARTS) is 1. The standard InChI is InChI=1S/C24H39N7O5S/c1-3-14(2)19(31-20(32)16(25)10-7-11-28-24(26)27)22(34)30-18(13-37)21(33)29-17(23(35)36)12-15-8-5-4-6-9-15/h4-6,8-9,14,16-19,37H,3,7,10-13,25H2,1-2H3,(H,29,33)(H,30,34)(H,31,32)(H,35,36)(H4,26,27,28). The maximum Gasteiger partial charge on any atom is 0.326 e. The monoisotopic (exact) mass is 537 g/mol. The predicted octanol–water partition coefficient (Wildman–Crippen LogP) is -0.875. The second-order valence-electron chi connectivity index (χ2n) is 8.76. The zero-order chi connectivity index (χ0) is 28.0. The van der Waals surface area contributed by atoms with Crippen molar-refractivity contribution in [2.24, 2.45) is 28.1 Å². The Bertz CT molecular complexity index is 927. The van der Waals surface area contributed by atoms with Crippen LogP contribution in [-0.4, -0.2) is 71.2 Å². The quantitative estimate of drug-likeness (QED) is 0.0572. The number of nitrogens with one attached hydrogen (secondary N) is 3. The summed E-state index contributed by atoms with van der Waals surface area (Å²) in [5.74, 6) is -3.43. The molecule has 0 saturated heterocycles. The minimum absolute atomic E-state index is 0.0518. The van der Waals surface area contributed by atoms with Gasteiger partial charge in [0.15, 0.2) is 5.96 Å². The highest BCUT2D eigenvalue weighted by Gasteiger charge is 2.32. The van der Waals surface area contributed by atoms with Crippen LogP contribution in [0.1, 0.15) is 38.7 Å². The van der Waals surface area contributed by atoms with E-state index in [0.717, 1.165) is 5.56 Å². The first-order valence-electron chi connectivity index (χ1n) is 12.1. The molecule has 1 aromatic rings. The second kappa shape index (κ2) is 16.4.